The molecule has 1 aromatic rings. The number of hydrogen-bond donors (Lipinski definition) is 3. The number of aliphatic hydroxyl groups is 1. The number of carbonyl (C=O) groups is 1. The van der Waals surface area contributed by atoms with Gasteiger partial charge in [0.25, 0.3) is 0 Å². The van der Waals surface area contributed by atoms with E-state index in [0.29, 0.717) is 37.2 Å². The molecular weight excluding hydrogens is 643 g/mol. The molecule has 4 fully saturated rings. The van der Waals surface area contributed by atoms with Crippen LogP contribution in [0.4, 0.5) is 4.39 Å². The molecule has 10 atom stereocenters. The van der Waals surface area contributed by atoms with Crippen LogP contribution in [0.5, 0.6) is 5.75 Å². The molecule has 0 spiro atoms. The van der Waals surface area contributed by atoms with E-state index in [9.17, 15) is 9.90 Å². The third-order valence-corrected chi connectivity index (χ3v) is 11.7. The minimum atomic E-state index is -1.20. The number of hydrazine groups is 1. The molecular formula is C34H46BrFN4O5. The molecule has 0 aromatic heterocycles. The molecule has 1 saturated heterocycles. The van der Waals surface area contributed by atoms with Gasteiger partial charge in [0.05, 0.1) is 23.8 Å². The Morgan fingerprint density at radius 3 is 2.64 bits per heavy atom. The standard InChI is InChI=1S/C34H46BrFN4O5/c1-31(2)39-34(28(19-41)37-40(5)6)29(45-31)17-24-23-16-26(36)25-15-21(38-44-14-13-43-22-9-7-20(35)8-10-22)11-12-32(25,3)30(23)27(42)18-33(24,34)4/h7-12,15,19,23-24,26-30,37,39,42H,13-14,16-18H2,1-6H3/t23-,24-,26-,27-,28?,29+,30+,32-,33-,34+/m0/s1. The number of halogens is 2. The normalized spacial score (nSPS) is 41.1. The highest BCUT2D eigenvalue weighted by molar-refractivity contribution is 9.10. The minimum Gasteiger partial charge on any atom is -0.490 e. The summed E-state index contributed by atoms with van der Waals surface area (Å²) in [7, 11) is 3.73. The third-order valence-electron chi connectivity index (χ3n) is 11.2. The van der Waals surface area contributed by atoms with Crippen LogP contribution in [-0.4, -0.2) is 85.1 Å². The molecule has 1 heterocycles. The summed E-state index contributed by atoms with van der Waals surface area (Å²) in [4.78, 5) is 18.2. The van der Waals surface area contributed by atoms with Gasteiger partial charge in [-0.25, -0.2) is 14.8 Å². The van der Waals surface area contributed by atoms with Crippen LogP contribution in [0.2, 0.25) is 0 Å². The van der Waals surface area contributed by atoms with E-state index in [4.69, 9.17) is 14.3 Å². The highest BCUT2D eigenvalue weighted by atomic mass is 79.9. The largest absolute Gasteiger partial charge is 0.490 e. The van der Waals surface area contributed by atoms with E-state index in [0.717, 1.165) is 16.5 Å². The van der Waals surface area contributed by atoms with Gasteiger partial charge in [0, 0.05) is 29.9 Å². The van der Waals surface area contributed by atoms with E-state index in [1.807, 2.05) is 71.3 Å². The summed E-state index contributed by atoms with van der Waals surface area (Å²) in [6.07, 6.45) is 5.89. The van der Waals surface area contributed by atoms with Crippen molar-refractivity contribution < 1.29 is 28.6 Å². The van der Waals surface area contributed by atoms with Crippen molar-refractivity contribution in [2.24, 2.45) is 33.7 Å². The minimum absolute atomic E-state index is 0.0417. The summed E-state index contributed by atoms with van der Waals surface area (Å²) in [5.74, 6) is 0.489. The molecule has 0 bridgehead atoms. The first kappa shape index (κ1) is 32.8. The van der Waals surface area contributed by atoms with Crippen molar-refractivity contribution in [3.05, 3.63) is 52.5 Å². The van der Waals surface area contributed by atoms with Crippen LogP contribution < -0.4 is 15.5 Å². The number of fused-ring (bicyclic) bond motifs is 7. The summed E-state index contributed by atoms with van der Waals surface area (Å²) in [5.41, 5.74) is 1.86. The van der Waals surface area contributed by atoms with E-state index >= 15 is 4.39 Å². The van der Waals surface area contributed by atoms with Crippen LogP contribution in [0.1, 0.15) is 47.0 Å². The van der Waals surface area contributed by atoms with Crippen LogP contribution in [0.15, 0.2) is 57.7 Å². The lowest BCUT2D eigenvalue weighted by Gasteiger charge is -2.61. The number of aliphatic hydroxyl groups excluding tert-OH is 1. The lowest BCUT2D eigenvalue weighted by Crippen LogP contribution is -2.73. The van der Waals surface area contributed by atoms with Crippen molar-refractivity contribution in [1.29, 1.82) is 0 Å². The van der Waals surface area contributed by atoms with Gasteiger partial charge in [0.2, 0.25) is 0 Å². The molecule has 0 radical (unpaired) electrons. The number of alkyl halides is 1. The summed E-state index contributed by atoms with van der Waals surface area (Å²) < 4.78 is 29.6. The molecule has 1 unspecified atom stereocenters. The molecule has 0 amide bonds. The van der Waals surface area contributed by atoms with Crippen molar-refractivity contribution in [2.75, 3.05) is 27.3 Å². The van der Waals surface area contributed by atoms with E-state index < -0.39 is 40.4 Å². The Balaban J connectivity index is 1.22. The van der Waals surface area contributed by atoms with Gasteiger partial charge in [-0.15, -0.1) is 0 Å². The van der Waals surface area contributed by atoms with Crippen molar-refractivity contribution >= 4 is 27.9 Å². The average molecular weight is 690 g/mol. The zero-order chi connectivity index (χ0) is 32.4. The highest BCUT2D eigenvalue weighted by Gasteiger charge is 2.75. The fraction of sp³-hybridized carbons (Fsp3) is 0.647. The fourth-order valence-corrected chi connectivity index (χ4v) is 9.95. The van der Waals surface area contributed by atoms with Crippen LogP contribution in [-0.2, 0) is 14.4 Å². The topological polar surface area (TPSA) is 105 Å². The highest BCUT2D eigenvalue weighted by Crippen LogP contribution is 2.69. The van der Waals surface area contributed by atoms with Crippen LogP contribution in [0.25, 0.3) is 0 Å². The lowest BCUT2D eigenvalue weighted by molar-refractivity contribution is -0.142. The zero-order valence-electron chi connectivity index (χ0n) is 26.9. The zero-order valence-corrected chi connectivity index (χ0v) is 28.5. The van der Waals surface area contributed by atoms with Crippen molar-refractivity contribution in [3.8, 4) is 5.75 Å². The Labute approximate surface area is 273 Å². The van der Waals surface area contributed by atoms with E-state index in [2.05, 4.69) is 38.8 Å². The number of ether oxygens (including phenoxy) is 2. The van der Waals surface area contributed by atoms with Crippen LogP contribution >= 0.6 is 15.9 Å². The SMILES string of the molecule is CN(C)NC(C=O)[C@@]12NC(C)(C)O[C@@H]1C[C@H]1[C@@H]3C[C@H](F)C4=CC(=NOCCOc5ccc(Br)cc5)C=C[C@]4(C)[C@H]3[C@@H](O)C[C@@]12C. The Hall–Kier alpha value is -2.15. The van der Waals surface area contributed by atoms with Crippen molar-refractivity contribution in [3.63, 3.8) is 0 Å². The first-order chi connectivity index (χ1) is 21.2. The molecule has 4 aliphatic carbocycles. The maximum Gasteiger partial charge on any atom is 0.151 e. The second-order valence-electron chi connectivity index (χ2n) is 14.5. The molecule has 11 heteroatoms. The maximum absolute atomic E-state index is 16.4. The fourth-order valence-electron chi connectivity index (χ4n) is 9.69. The number of aldehydes is 1. The van der Waals surface area contributed by atoms with Gasteiger partial charge in [-0.05, 0) is 92.4 Å². The van der Waals surface area contributed by atoms with Gasteiger partial charge < -0.3 is 24.2 Å². The van der Waals surface area contributed by atoms with E-state index in [1.165, 1.54) is 0 Å². The quantitative estimate of drug-likeness (QED) is 0.197. The summed E-state index contributed by atoms with van der Waals surface area (Å²) >= 11 is 3.41. The predicted molar refractivity (Wildman–Crippen MR) is 173 cm³/mol. The van der Waals surface area contributed by atoms with Crippen molar-refractivity contribution in [2.45, 2.75) is 82.6 Å². The summed E-state index contributed by atoms with van der Waals surface area (Å²) in [6, 6.07) is 6.96. The number of benzene rings is 1. The van der Waals surface area contributed by atoms with Gasteiger partial charge in [0.1, 0.15) is 36.3 Å². The molecule has 246 valence electrons. The summed E-state index contributed by atoms with van der Waals surface area (Å²) in [5, 5.41) is 21.8. The number of nitrogens with zero attached hydrogens (tertiary/aromatic N) is 2. The Kier molecular flexibility index (Phi) is 8.61. The average Bonchev–Trinajstić information content (AvgIpc) is 3.37. The van der Waals surface area contributed by atoms with Gasteiger partial charge in [-0.1, -0.05) is 41.0 Å². The molecule has 45 heavy (non-hydrogen) atoms. The number of allylic oxidation sites excluding steroid dienone is 4. The predicted octanol–water partition coefficient (Wildman–Crippen LogP) is 4.57. The van der Waals surface area contributed by atoms with E-state index in [1.54, 1.807) is 11.1 Å². The second kappa shape index (κ2) is 11.8. The summed E-state index contributed by atoms with van der Waals surface area (Å²) in [6.45, 7) is 8.74. The molecule has 6 rings (SSSR count). The Bertz CT molecular complexity index is 1390. The number of rotatable bonds is 9. The second-order valence-corrected chi connectivity index (χ2v) is 15.5. The van der Waals surface area contributed by atoms with Crippen LogP contribution in [0, 0.1) is 28.6 Å². The molecule has 3 N–H and O–H groups in total. The first-order valence-corrected chi connectivity index (χ1v) is 16.7. The van der Waals surface area contributed by atoms with Gasteiger partial charge in [-0.2, -0.15) is 0 Å². The molecule has 5 aliphatic rings. The molecule has 9 nitrogen and oxygen atoms in total. The van der Waals surface area contributed by atoms with Gasteiger partial charge in [-0.3, -0.25) is 5.32 Å². The van der Waals surface area contributed by atoms with Gasteiger partial charge in [0.15, 0.2) is 6.61 Å². The third kappa shape index (κ3) is 5.41. The first-order valence-electron chi connectivity index (χ1n) is 15.9. The van der Waals surface area contributed by atoms with E-state index in [-0.39, 0.29) is 30.5 Å². The molecule has 1 aromatic carbocycles. The molecule has 1 aliphatic heterocycles. The molecule has 3 saturated carbocycles. The van der Waals surface area contributed by atoms with Crippen LogP contribution in [0.3, 0.4) is 0 Å². The number of carbonyl (C=O) groups excluding carboxylic acids is 1. The van der Waals surface area contributed by atoms with Gasteiger partial charge >= 0.3 is 0 Å². The van der Waals surface area contributed by atoms with Crippen molar-refractivity contribution in [1.82, 2.24) is 15.8 Å². The smallest absolute Gasteiger partial charge is 0.151 e. The number of hydrogen-bond acceptors (Lipinski definition) is 9. The maximum atomic E-state index is 16.4. The lowest BCUT2D eigenvalue weighted by atomic mass is 9.45. The monoisotopic (exact) mass is 688 g/mol. The number of oxime groups is 1. The number of nitrogens with one attached hydrogen (secondary N) is 2. The Morgan fingerprint density at radius 2 is 1.96 bits per heavy atom. The Morgan fingerprint density at radius 1 is 1.22 bits per heavy atom.